The van der Waals surface area contributed by atoms with Crippen LogP contribution in [0.15, 0.2) is 0 Å². The Morgan fingerprint density at radius 3 is 1.17 bits per heavy atom. The van der Waals surface area contributed by atoms with Gasteiger partial charge in [0.15, 0.2) is 0 Å². The molecule has 6 heteroatoms. The molecule has 0 bridgehead atoms. The second-order valence-electron chi connectivity index (χ2n) is 0.231. The summed E-state index contributed by atoms with van der Waals surface area (Å²) in [5.41, 5.74) is 0. The molecule has 42 valence electrons. The van der Waals surface area contributed by atoms with Gasteiger partial charge in [-0.25, -0.2) is 0 Å². The van der Waals surface area contributed by atoms with Crippen molar-refractivity contribution < 1.29 is 46.3 Å². The fourth-order valence-electron chi connectivity index (χ4n) is 0. The van der Waals surface area contributed by atoms with E-state index in [0.29, 0.717) is 0 Å². The molecule has 0 unspecified atom stereocenters. The zero-order valence-electron chi connectivity index (χ0n) is 2.42. The van der Waals surface area contributed by atoms with E-state index in [9.17, 15) is 0 Å². The van der Waals surface area contributed by atoms with E-state index in [0.717, 1.165) is 0 Å². The third kappa shape index (κ3) is 59.1. The van der Waals surface area contributed by atoms with Crippen LogP contribution in [-0.4, -0.2) is 22.9 Å². The first kappa shape index (κ1) is 15.7. The first-order chi connectivity index (χ1) is 1.73. The van der Waals surface area contributed by atoms with E-state index in [1.54, 1.807) is 0 Å². The second kappa shape index (κ2) is 9.56. The Bertz CT molecular complexity index is 31.8. The fraction of sp³-hybridized carbons (Fsp3) is 0. The Hall–Kier alpha value is 1.28. The van der Waals surface area contributed by atoms with Crippen molar-refractivity contribution >= 4 is 14.5 Å². The van der Waals surface area contributed by atoms with E-state index in [-0.39, 0.29) is 34.1 Å². The zero-order valence-corrected chi connectivity index (χ0v) is 6.34. The van der Waals surface area contributed by atoms with Gasteiger partial charge in [0.1, 0.15) is 0 Å². The van der Waals surface area contributed by atoms with E-state index < -0.39 is 14.5 Å². The van der Waals surface area contributed by atoms with Gasteiger partial charge in [-0.05, 0) is 0 Å². The monoisotopic (exact) mass is 242 g/mol. The van der Waals surface area contributed by atoms with Crippen molar-refractivity contribution in [3.05, 3.63) is 0 Å². The molecule has 0 aromatic rings. The minimum absolute atomic E-state index is 0. The summed E-state index contributed by atoms with van der Waals surface area (Å²) in [6.07, 6.45) is 0. The van der Waals surface area contributed by atoms with E-state index >= 15 is 0 Å². The Balaban J connectivity index is -0.0000000450. The molecule has 0 spiro atoms. The van der Waals surface area contributed by atoms with Gasteiger partial charge in [0, 0.05) is 34.1 Å². The molecule has 0 fully saturated rings. The van der Waals surface area contributed by atoms with Gasteiger partial charge in [0.2, 0.25) is 0 Å². The van der Waals surface area contributed by atoms with Gasteiger partial charge in [-0.3, -0.25) is 0 Å². The molecule has 0 aromatic carbocycles. The normalized spacial score (nSPS) is 5.83. The maximum atomic E-state index is 8.76. The quantitative estimate of drug-likeness (QED) is 0.501. The van der Waals surface area contributed by atoms with Gasteiger partial charge in [0.25, 0.3) is 0 Å². The summed E-state index contributed by atoms with van der Waals surface area (Å²) in [5, 5.41) is 0. The van der Waals surface area contributed by atoms with E-state index in [1.165, 1.54) is 0 Å². The van der Waals surface area contributed by atoms with Crippen LogP contribution in [0.1, 0.15) is 0 Å². The number of rotatable bonds is 0. The van der Waals surface area contributed by atoms with Crippen LogP contribution in [0.3, 0.4) is 0 Å². The molecule has 0 aliphatic carbocycles. The minimum atomic E-state index is -3.29. The van der Waals surface area contributed by atoms with Gasteiger partial charge >= 0.3 is 26.7 Å². The van der Waals surface area contributed by atoms with E-state index in [1.807, 2.05) is 0 Å². The average Bonchev–Trinajstić information content (AvgIpc) is 0.811. The summed E-state index contributed by atoms with van der Waals surface area (Å²) in [6, 6.07) is 0. The Morgan fingerprint density at radius 2 is 1.17 bits per heavy atom. The van der Waals surface area contributed by atoms with Crippen molar-refractivity contribution in [2.45, 2.75) is 0 Å². The predicted octanol–water partition coefficient (Wildman–Crippen LogP) is -1.62. The third-order valence-electron chi connectivity index (χ3n) is 0. The standard InChI is InChI=1S/2Fe.H2O3Se/c;;1-4(2)3/h;;(H2,1,2,3). The molecule has 0 saturated heterocycles. The van der Waals surface area contributed by atoms with Crippen molar-refractivity contribution in [1.29, 1.82) is 0 Å². The van der Waals surface area contributed by atoms with Crippen LogP contribution in [0, 0.1) is 0 Å². The van der Waals surface area contributed by atoms with Gasteiger partial charge < -0.3 is 0 Å². The summed E-state index contributed by atoms with van der Waals surface area (Å²) in [5.74, 6) is 0. The Morgan fingerprint density at radius 1 is 1.17 bits per heavy atom. The largest absolute Gasteiger partial charge is 0 e. The summed E-state index contributed by atoms with van der Waals surface area (Å²) in [4.78, 5) is 0. The summed E-state index contributed by atoms with van der Waals surface area (Å²) in [6.45, 7) is 0. The molecule has 3 nitrogen and oxygen atoms in total. The molecule has 0 aromatic heterocycles. The molecule has 0 aliphatic heterocycles. The van der Waals surface area contributed by atoms with E-state index in [4.69, 9.17) is 12.2 Å². The third-order valence-corrected chi connectivity index (χ3v) is 0. The molecular formula is H2Fe2O3Se. The van der Waals surface area contributed by atoms with Crippen LogP contribution in [0.4, 0.5) is 0 Å². The molecule has 0 atom stereocenters. The fourth-order valence-corrected chi connectivity index (χ4v) is 0. The van der Waals surface area contributed by atoms with Crippen molar-refractivity contribution in [2.24, 2.45) is 0 Å². The van der Waals surface area contributed by atoms with Crippen molar-refractivity contribution in [3.63, 3.8) is 0 Å². The maximum absolute atomic E-state index is 8.76. The molecular weight excluding hydrogens is 239 g/mol. The molecule has 0 heterocycles. The van der Waals surface area contributed by atoms with Crippen LogP contribution in [0.5, 0.6) is 0 Å². The van der Waals surface area contributed by atoms with Gasteiger partial charge in [-0.1, -0.05) is 0 Å². The average molecular weight is 241 g/mol. The summed E-state index contributed by atoms with van der Waals surface area (Å²) >= 11 is -3.29. The molecule has 0 saturated carbocycles. The molecule has 0 radical (unpaired) electrons. The molecule has 0 rings (SSSR count). The van der Waals surface area contributed by atoms with Gasteiger partial charge in [0.05, 0.1) is 0 Å². The van der Waals surface area contributed by atoms with Crippen molar-refractivity contribution in [3.8, 4) is 0 Å². The smallest absolute Gasteiger partial charge is 0 e. The first-order valence-corrected chi connectivity index (χ1v) is 2.76. The van der Waals surface area contributed by atoms with E-state index in [2.05, 4.69) is 0 Å². The van der Waals surface area contributed by atoms with Gasteiger partial charge in [-0.2, -0.15) is 0 Å². The number of hydrogen-bond acceptors (Lipinski definition) is 1. The molecule has 6 heavy (non-hydrogen) atoms. The SMILES string of the molecule is O=[Se](O)O.[Fe].[Fe]. The first-order valence-electron chi connectivity index (χ1n) is 0.532. The van der Waals surface area contributed by atoms with Crippen LogP contribution in [-0.2, 0) is 38.0 Å². The second-order valence-corrected chi connectivity index (χ2v) is 1.20. The molecule has 0 aliphatic rings. The topological polar surface area (TPSA) is 57.5 Å². The summed E-state index contributed by atoms with van der Waals surface area (Å²) in [7, 11) is 0. The summed E-state index contributed by atoms with van der Waals surface area (Å²) < 4.78 is 23.1. The molecule has 2 N–H and O–H groups in total. The molecule has 0 amide bonds. The van der Waals surface area contributed by atoms with Crippen LogP contribution in [0.2, 0.25) is 0 Å². The maximum Gasteiger partial charge on any atom is 0 e. The minimum Gasteiger partial charge on any atom is 0 e. The predicted molar refractivity (Wildman–Crippen MR) is 10.9 cm³/mol. The van der Waals surface area contributed by atoms with Crippen LogP contribution < -0.4 is 0 Å². The number of hydrogen-bond donors (Lipinski definition) is 2. The Labute approximate surface area is 60.8 Å². The van der Waals surface area contributed by atoms with Gasteiger partial charge in [-0.15, -0.1) is 0 Å². The van der Waals surface area contributed by atoms with Crippen molar-refractivity contribution in [2.75, 3.05) is 0 Å². The Kier molecular flexibility index (Phi) is 25.0. The van der Waals surface area contributed by atoms with Crippen molar-refractivity contribution in [1.82, 2.24) is 0 Å². The zero-order chi connectivity index (χ0) is 3.58. The van der Waals surface area contributed by atoms with Crippen LogP contribution in [0.25, 0.3) is 0 Å². The van der Waals surface area contributed by atoms with Crippen LogP contribution >= 0.6 is 0 Å².